The molecule has 0 spiro atoms. The van der Waals surface area contributed by atoms with Crippen molar-refractivity contribution in [2.24, 2.45) is 5.92 Å². The first-order chi connectivity index (χ1) is 13.9. The zero-order valence-electron chi connectivity index (χ0n) is 16.3. The number of nitrogens with zero attached hydrogens (tertiary/aromatic N) is 1. The van der Waals surface area contributed by atoms with Crippen LogP contribution >= 0.6 is 15.9 Å². The van der Waals surface area contributed by atoms with Crippen LogP contribution in [0, 0.1) is 5.92 Å². The number of carbonyl (C=O) groups excluding carboxylic acids is 1. The van der Waals surface area contributed by atoms with Gasteiger partial charge >= 0.3 is 0 Å². The number of carbonyl (C=O) groups is 1. The molecular formula is C21H25BrN2O4S. The zero-order valence-corrected chi connectivity index (χ0v) is 18.7. The fraction of sp³-hybridized carbons (Fsp3) is 0.381. The Kier molecular flexibility index (Phi) is 7.32. The molecule has 0 saturated carbocycles. The van der Waals surface area contributed by atoms with Gasteiger partial charge in [-0.15, -0.1) is 0 Å². The lowest BCUT2D eigenvalue weighted by Gasteiger charge is -2.31. The second-order valence-corrected chi connectivity index (χ2v) is 10.1. The number of benzene rings is 2. The van der Waals surface area contributed by atoms with E-state index in [9.17, 15) is 13.2 Å². The van der Waals surface area contributed by atoms with Crippen LogP contribution in [0.4, 0.5) is 5.69 Å². The molecule has 29 heavy (non-hydrogen) atoms. The molecule has 1 heterocycles. The Morgan fingerprint density at radius 2 is 1.79 bits per heavy atom. The second kappa shape index (κ2) is 9.73. The van der Waals surface area contributed by atoms with Gasteiger partial charge in [-0.3, -0.25) is 4.79 Å². The molecule has 1 N–H and O–H groups in total. The van der Waals surface area contributed by atoms with Crippen LogP contribution in [0.15, 0.2) is 57.9 Å². The van der Waals surface area contributed by atoms with Gasteiger partial charge < -0.3 is 15.0 Å². The average Bonchev–Trinajstić information content (AvgIpc) is 2.73. The van der Waals surface area contributed by atoms with Gasteiger partial charge in [0.15, 0.2) is 9.84 Å². The molecule has 8 heteroatoms. The lowest BCUT2D eigenvalue weighted by molar-refractivity contribution is -0.121. The zero-order chi connectivity index (χ0) is 20.9. The number of para-hydroxylation sites is 2. The number of rotatable bonds is 7. The summed E-state index contributed by atoms with van der Waals surface area (Å²) in [5.74, 6) is 0.611. The van der Waals surface area contributed by atoms with E-state index in [-0.39, 0.29) is 17.6 Å². The van der Waals surface area contributed by atoms with Crippen molar-refractivity contribution in [1.29, 1.82) is 0 Å². The summed E-state index contributed by atoms with van der Waals surface area (Å²) in [4.78, 5) is 15.0. The lowest BCUT2D eigenvalue weighted by Crippen LogP contribution is -2.40. The minimum absolute atomic E-state index is 0.0170. The highest BCUT2D eigenvalue weighted by atomic mass is 79.9. The fourth-order valence-electron chi connectivity index (χ4n) is 3.41. The Morgan fingerprint density at radius 3 is 2.45 bits per heavy atom. The predicted molar refractivity (Wildman–Crippen MR) is 117 cm³/mol. The smallest absolute Gasteiger partial charge is 0.227 e. The molecule has 2 aromatic carbocycles. The van der Waals surface area contributed by atoms with Crippen LogP contribution in [0.5, 0.6) is 5.75 Å². The van der Waals surface area contributed by atoms with Gasteiger partial charge in [0.25, 0.3) is 0 Å². The highest BCUT2D eigenvalue weighted by Crippen LogP contribution is 2.26. The lowest BCUT2D eigenvalue weighted by atomic mass is 9.96. The maximum absolute atomic E-state index is 12.6. The molecule has 1 aliphatic rings. The molecule has 0 atom stereocenters. The number of nitrogens with one attached hydrogen (secondary N) is 1. The molecule has 0 unspecified atom stereocenters. The van der Waals surface area contributed by atoms with Crippen LogP contribution in [0.2, 0.25) is 0 Å². The number of piperidine rings is 1. The van der Waals surface area contributed by atoms with Gasteiger partial charge in [0, 0.05) is 16.9 Å². The molecule has 2 aromatic rings. The third-order valence-corrected chi connectivity index (χ3v) is 7.41. The SMILES string of the molecule is COc1ccccc1NC(=O)C1CCN(CCS(=O)(=O)c2ccc(Br)cc2)CC1. The molecule has 0 radical (unpaired) electrons. The van der Waals surface area contributed by atoms with Crippen LogP contribution in [0.1, 0.15) is 12.8 Å². The summed E-state index contributed by atoms with van der Waals surface area (Å²) < 4.78 is 31.1. The summed E-state index contributed by atoms with van der Waals surface area (Å²) >= 11 is 3.32. The maximum Gasteiger partial charge on any atom is 0.227 e. The van der Waals surface area contributed by atoms with Crippen LogP contribution in [0.25, 0.3) is 0 Å². The molecule has 6 nitrogen and oxygen atoms in total. The summed E-state index contributed by atoms with van der Waals surface area (Å²) in [7, 11) is -1.74. The van der Waals surface area contributed by atoms with Gasteiger partial charge in [0.1, 0.15) is 5.75 Å². The number of sulfone groups is 1. The van der Waals surface area contributed by atoms with Crippen molar-refractivity contribution < 1.29 is 17.9 Å². The number of amides is 1. The van der Waals surface area contributed by atoms with Crippen LogP contribution in [-0.4, -0.2) is 51.7 Å². The first-order valence-corrected chi connectivity index (χ1v) is 12.0. The van der Waals surface area contributed by atoms with Crippen molar-refractivity contribution in [2.45, 2.75) is 17.7 Å². The predicted octanol–water partition coefficient (Wildman–Crippen LogP) is 3.58. The monoisotopic (exact) mass is 480 g/mol. The minimum Gasteiger partial charge on any atom is -0.495 e. The van der Waals surface area contributed by atoms with Crippen molar-refractivity contribution in [3.8, 4) is 5.75 Å². The third-order valence-electron chi connectivity index (χ3n) is 5.17. The number of likely N-dealkylation sites (tertiary alicyclic amines) is 1. The van der Waals surface area contributed by atoms with Gasteiger partial charge in [-0.2, -0.15) is 0 Å². The molecule has 1 saturated heterocycles. The highest BCUT2D eigenvalue weighted by Gasteiger charge is 2.26. The Labute approximate surface area is 180 Å². The highest BCUT2D eigenvalue weighted by molar-refractivity contribution is 9.10. The molecule has 156 valence electrons. The van der Waals surface area contributed by atoms with E-state index in [2.05, 4.69) is 26.1 Å². The number of hydrogen-bond donors (Lipinski definition) is 1. The largest absolute Gasteiger partial charge is 0.495 e. The van der Waals surface area contributed by atoms with E-state index in [1.165, 1.54) is 0 Å². The Hall–Kier alpha value is -1.90. The number of halogens is 1. The fourth-order valence-corrected chi connectivity index (χ4v) is 4.96. The molecule has 1 aliphatic heterocycles. The molecule has 1 fully saturated rings. The first-order valence-electron chi connectivity index (χ1n) is 9.53. The second-order valence-electron chi connectivity index (χ2n) is 7.08. The van der Waals surface area contributed by atoms with Gasteiger partial charge in [-0.1, -0.05) is 28.1 Å². The number of anilines is 1. The van der Waals surface area contributed by atoms with Crippen LogP contribution in [0.3, 0.4) is 0 Å². The van der Waals surface area contributed by atoms with Crippen LogP contribution in [-0.2, 0) is 14.6 Å². The quantitative estimate of drug-likeness (QED) is 0.655. The third kappa shape index (κ3) is 5.81. The van der Waals surface area contributed by atoms with Crippen molar-refractivity contribution in [2.75, 3.05) is 37.8 Å². The average molecular weight is 481 g/mol. The van der Waals surface area contributed by atoms with E-state index in [4.69, 9.17) is 4.74 Å². The van der Waals surface area contributed by atoms with E-state index in [0.29, 0.717) is 48.8 Å². The van der Waals surface area contributed by atoms with Crippen LogP contribution < -0.4 is 10.1 Å². The number of hydrogen-bond acceptors (Lipinski definition) is 5. The summed E-state index contributed by atoms with van der Waals surface area (Å²) in [5.41, 5.74) is 0.669. The number of ether oxygens (including phenoxy) is 1. The van der Waals surface area contributed by atoms with E-state index in [1.807, 2.05) is 24.3 Å². The first kappa shape index (κ1) is 21.8. The molecule has 0 aromatic heterocycles. The normalized spacial score (nSPS) is 15.8. The Bertz CT molecular complexity index is 939. The van der Waals surface area contributed by atoms with E-state index >= 15 is 0 Å². The summed E-state index contributed by atoms with van der Waals surface area (Å²) in [6, 6.07) is 14.0. The van der Waals surface area contributed by atoms with Crippen molar-refractivity contribution in [3.63, 3.8) is 0 Å². The Morgan fingerprint density at radius 1 is 1.14 bits per heavy atom. The molecular weight excluding hydrogens is 456 g/mol. The van der Waals surface area contributed by atoms with Crippen molar-refractivity contribution >= 4 is 37.4 Å². The number of methoxy groups -OCH3 is 1. The summed E-state index contributed by atoms with van der Waals surface area (Å²) in [6.07, 6.45) is 1.42. The van der Waals surface area contributed by atoms with Gasteiger partial charge in [-0.25, -0.2) is 8.42 Å². The summed E-state index contributed by atoms with van der Waals surface area (Å²) in [6.45, 7) is 1.89. The van der Waals surface area contributed by atoms with Gasteiger partial charge in [0.2, 0.25) is 5.91 Å². The maximum atomic E-state index is 12.6. The van der Waals surface area contributed by atoms with E-state index in [1.54, 1.807) is 31.4 Å². The molecule has 3 rings (SSSR count). The Balaban J connectivity index is 1.49. The van der Waals surface area contributed by atoms with Gasteiger partial charge in [0.05, 0.1) is 23.4 Å². The van der Waals surface area contributed by atoms with E-state index in [0.717, 1.165) is 4.47 Å². The topological polar surface area (TPSA) is 75.7 Å². The molecule has 0 bridgehead atoms. The van der Waals surface area contributed by atoms with Crippen molar-refractivity contribution in [1.82, 2.24) is 4.90 Å². The van der Waals surface area contributed by atoms with Gasteiger partial charge in [-0.05, 0) is 62.3 Å². The molecule has 1 amide bonds. The van der Waals surface area contributed by atoms with Crippen molar-refractivity contribution in [3.05, 3.63) is 53.0 Å². The standard InChI is InChI=1S/C21H25BrN2O4S/c1-28-20-5-3-2-4-19(20)23-21(25)16-10-12-24(13-11-16)14-15-29(26,27)18-8-6-17(22)7-9-18/h2-9,16H,10-15H2,1H3,(H,23,25). The molecule has 0 aliphatic carbocycles. The van der Waals surface area contributed by atoms with E-state index < -0.39 is 9.84 Å². The summed E-state index contributed by atoms with van der Waals surface area (Å²) in [5, 5.41) is 2.95. The minimum atomic E-state index is -3.31.